The Hall–Kier alpha value is -1.36. The third kappa shape index (κ3) is 3.20. The highest BCUT2D eigenvalue weighted by molar-refractivity contribution is 5.47. The largest absolute Gasteiger partial charge is 0.378 e. The van der Waals surface area contributed by atoms with E-state index >= 15 is 0 Å². The summed E-state index contributed by atoms with van der Waals surface area (Å²) in [5.41, 5.74) is 0.137. The SMILES string of the molecule is CCCNc1cc(NC2CC(OCC)C2(C)C)ncn1. The van der Waals surface area contributed by atoms with Crippen molar-refractivity contribution in [3.8, 4) is 0 Å². The first-order valence-electron chi connectivity index (χ1n) is 7.52. The summed E-state index contributed by atoms with van der Waals surface area (Å²) in [7, 11) is 0. The van der Waals surface area contributed by atoms with Crippen LogP contribution >= 0.6 is 0 Å². The zero-order valence-corrected chi connectivity index (χ0v) is 12.9. The van der Waals surface area contributed by atoms with Crippen molar-refractivity contribution in [2.24, 2.45) is 5.41 Å². The number of anilines is 2. The maximum Gasteiger partial charge on any atom is 0.131 e. The maximum atomic E-state index is 5.75. The van der Waals surface area contributed by atoms with Crippen LogP contribution in [0.15, 0.2) is 12.4 Å². The second-order valence-corrected chi connectivity index (χ2v) is 5.91. The average Bonchev–Trinajstić information content (AvgIpc) is 2.44. The van der Waals surface area contributed by atoms with E-state index in [0.29, 0.717) is 12.1 Å². The monoisotopic (exact) mass is 278 g/mol. The quantitative estimate of drug-likeness (QED) is 0.803. The van der Waals surface area contributed by atoms with Gasteiger partial charge in [0, 0.05) is 30.7 Å². The molecule has 2 atom stereocenters. The third-order valence-electron chi connectivity index (χ3n) is 4.09. The molecular weight excluding hydrogens is 252 g/mol. The topological polar surface area (TPSA) is 59.1 Å². The molecule has 2 unspecified atom stereocenters. The van der Waals surface area contributed by atoms with Crippen molar-refractivity contribution >= 4 is 11.6 Å². The van der Waals surface area contributed by atoms with Gasteiger partial charge in [0.1, 0.15) is 18.0 Å². The van der Waals surface area contributed by atoms with Gasteiger partial charge in [0.15, 0.2) is 0 Å². The zero-order valence-electron chi connectivity index (χ0n) is 12.9. The molecule has 2 N–H and O–H groups in total. The van der Waals surface area contributed by atoms with E-state index in [9.17, 15) is 0 Å². The normalized spacial score (nSPS) is 24.0. The predicted molar refractivity (Wildman–Crippen MR) is 82.0 cm³/mol. The molecular formula is C15H26N4O. The molecule has 1 aromatic rings. The number of aromatic nitrogens is 2. The lowest BCUT2D eigenvalue weighted by molar-refractivity contribution is -0.0976. The van der Waals surface area contributed by atoms with Crippen LogP contribution < -0.4 is 10.6 Å². The molecule has 1 saturated carbocycles. The summed E-state index contributed by atoms with van der Waals surface area (Å²) in [6.45, 7) is 10.4. The molecule has 0 bridgehead atoms. The van der Waals surface area contributed by atoms with Gasteiger partial charge in [-0.1, -0.05) is 20.8 Å². The van der Waals surface area contributed by atoms with Gasteiger partial charge in [-0.25, -0.2) is 9.97 Å². The van der Waals surface area contributed by atoms with Crippen LogP contribution in [-0.2, 0) is 4.74 Å². The van der Waals surface area contributed by atoms with Gasteiger partial charge in [-0.15, -0.1) is 0 Å². The summed E-state index contributed by atoms with van der Waals surface area (Å²) in [6.07, 6.45) is 4.05. The van der Waals surface area contributed by atoms with Crippen LogP contribution in [0.4, 0.5) is 11.6 Å². The van der Waals surface area contributed by atoms with Gasteiger partial charge in [-0.2, -0.15) is 0 Å². The molecule has 0 aromatic carbocycles. The van der Waals surface area contributed by atoms with E-state index in [0.717, 1.165) is 37.6 Å². The average molecular weight is 278 g/mol. The molecule has 0 saturated heterocycles. The Morgan fingerprint density at radius 1 is 1.30 bits per heavy atom. The maximum absolute atomic E-state index is 5.75. The summed E-state index contributed by atoms with van der Waals surface area (Å²) >= 11 is 0. The number of hydrogen-bond donors (Lipinski definition) is 2. The summed E-state index contributed by atoms with van der Waals surface area (Å²) in [6, 6.07) is 2.37. The van der Waals surface area contributed by atoms with E-state index in [1.54, 1.807) is 6.33 Å². The summed E-state index contributed by atoms with van der Waals surface area (Å²) < 4.78 is 5.75. The number of rotatable bonds is 7. The zero-order chi connectivity index (χ0) is 14.6. The van der Waals surface area contributed by atoms with Gasteiger partial charge in [0.2, 0.25) is 0 Å². The first-order valence-corrected chi connectivity index (χ1v) is 7.52. The van der Waals surface area contributed by atoms with Gasteiger partial charge in [-0.05, 0) is 19.8 Å². The molecule has 5 nitrogen and oxygen atoms in total. The predicted octanol–water partition coefficient (Wildman–Crippen LogP) is 2.91. The summed E-state index contributed by atoms with van der Waals surface area (Å²) in [5.74, 6) is 1.76. The van der Waals surface area contributed by atoms with E-state index in [4.69, 9.17) is 4.74 Å². The van der Waals surface area contributed by atoms with E-state index in [1.807, 2.05) is 13.0 Å². The highest BCUT2D eigenvalue weighted by Gasteiger charge is 2.49. The molecule has 5 heteroatoms. The Morgan fingerprint density at radius 3 is 2.70 bits per heavy atom. The van der Waals surface area contributed by atoms with Crippen LogP contribution in [0.1, 0.15) is 40.5 Å². The van der Waals surface area contributed by atoms with Crippen LogP contribution in [-0.4, -0.2) is 35.3 Å². The number of hydrogen-bond acceptors (Lipinski definition) is 5. The van der Waals surface area contributed by atoms with E-state index in [1.165, 1.54) is 0 Å². The molecule has 0 aliphatic heterocycles. The Labute approximate surface area is 121 Å². The fourth-order valence-electron chi connectivity index (χ4n) is 2.58. The summed E-state index contributed by atoms with van der Waals surface area (Å²) in [5, 5.41) is 6.78. The van der Waals surface area contributed by atoms with Crippen molar-refractivity contribution in [3.05, 3.63) is 12.4 Å². The van der Waals surface area contributed by atoms with Crippen molar-refractivity contribution in [2.45, 2.75) is 52.7 Å². The Morgan fingerprint density at radius 2 is 2.05 bits per heavy atom. The molecule has 1 heterocycles. The van der Waals surface area contributed by atoms with Gasteiger partial charge in [0.25, 0.3) is 0 Å². The minimum absolute atomic E-state index is 0.137. The van der Waals surface area contributed by atoms with Gasteiger partial charge in [-0.3, -0.25) is 0 Å². The summed E-state index contributed by atoms with van der Waals surface area (Å²) in [4.78, 5) is 8.52. The Bertz CT molecular complexity index is 436. The molecule has 20 heavy (non-hydrogen) atoms. The van der Waals surface area contributed by atoms with E-state index in [2.05, 4.69) is 41.4 Å². The Kier molecular flexibility index (Phi) is 4.81. The lowest BCUT2D eigenvalue weighted by Crippen LogP contribution is -2.58. The standard InChI is InChI=1S/C15H26N4O/c1-5-7-16-13-9-14(18-10-17-13)19-11-8-12(20-6-2)15(11,3)4/h9-12H,5-8H2,1-4H3,(H2,16,17,18,19). The molecule has 1 aliphatic carbocycles. The second-order valence-electron chi connectivity index (χ2n) is 5.91. The lowest BCUT2D eigenvalue weighted by Gasteiger charge is -2.51. The first kappa shape index (κ1) is 15.0. The van der Waals surface area contributed by atoms with Crippen LogP contribution in [0, 0.1) is 5.41 Å². The molecule has 112 valence electrons. The van der Waals surface area contributed by atoms with Gasteiger partial charge in [0.05, 0.1) is 6.10 Å². The smallest absolute Gasteiger partial charge is 0.131 e. The number of nitrogens with one attached hydrogen (secondary N) is 2. The molecule has 2 rings (SSSR count). The van der Waals surface area contributed by atoms with Crippen molar-refractivity contribution < 1.29 is 4.74 Å². The number of ether oxygens (including phenoxy) is 1. The lowest BCUT2D eigenvalue weighted by atomic mass is 9.64. The van der Waals surface area contributed by atoms with E-state index < -0.39 is 0 Å². The second kappa shape index (κ2) is 6.39. The van der Waals surface area contributed by atoms with E-state index in [-0.39, 0.29) is 5.41 Å². The fraction of sp³-hybridized carbons (Fsp3) is 0.733. The van der Waals surface area contributed by atoms with Crippen LogP contribution in [0.2, 0.25) is 0 Å². The first-order chi connectivity index (χ1) is 9.57. The van der Waals surface area contributed by atoms with Gasteiger partial charge >= 0.3 is 0 Å². The molecule has 1 fully saturated rings. The van der Waals surface area contributed by atoms with Crippen LogP contribution in [0.5, 0.6) is 0 Å². The van der Waals surface area contributed by atoms with Crippen LogP contribution in [0.3, 0.4) is 0 Å². The fourth-order valence-corrected chi connectivity index (χ4v) is 2.58. The Balaban J connectivity index is 1.94. The highest BCUT2D eigenvalue weighted by Crippen LogP contribution is 2.44. The molecule has 0 amide bonds. The minimum Gasteiger partial charge on any atom is -0.378 e. The highest BCUT2D eigenvalue weighted by atomic mass is 16.5. The van der Waals surface area contributed by atoms with Crippen molar-refractivity contribution in [1.82, 2.24) is 9.97 Å². The minimum atomic E-state index is 0.137. The van der Waals surface area contributed by atoms with Crippen LogP contribution in [0.25, 0.3) is 0 Å². The molecule has 1 aromatic heterocycles. The molecule has 0 radical (unpaired) electrons. The van der Waals surface area contributed by atoms with Crippen molar-refractivity contribution in [3.63, 3.8) is 0 Å². The van der Waals surface area contributed by atoms with Gasteiger partial charge < -0.3 is 15.4 Å². The molecule has 1 aliphatic rings. The number of nitrogens with zero attached hydrogens (tertiary/aromatic N) is 2. The van der Waals surface area contributed by atoms with Crippen molar-refractivity contribution in [1.29, 1.82) is 0 Å². The van der Waals surface area contributed by atoms with Crippen molar-refractivity contribution in [2.75, 3.05) is 23.8 Å². The third-order valence-corrected chi connectivity index (χ3v) is 4.09. The molecule has 0 spiro atoms.